The van der Waals surface area contributed by atoms with Crippen molar-refractivity contribution in [1.29, 1.82) is 0 Å². The van der Waals surface area contributed by atoms with Crippen molar-refractivity contribution in [3.8, 4) is 11.5 Å². The highest BCUT2D eigenvalue weighted by Crippen LogP contribution is 2.37. The molecule has 1 aliphatic heterocycles. The normalized spacial score (nSPS) is 16.7. The number of benzene rings is 3. The van der Waals surface area contributed by atoms with Crippen LogP contribution < -0.4 is 15.4 Å². The van der Waals surface area contributed by atoms with Gasteiger partial charge in [-0.3, -0.25) is 4.79 Å². The van der Waals surface area contributed by atoms with Crippen LogP contribution in [0.2, 0.25) is 5.02 Å². The van der Waals surface area contributed by atoms with Crippen LogP contribution >= 0.6 is 11.6 Å². The minimum absolute atomic E-state index is 0.0126. The molecule has 1 atom stereocenters. The number of aryl methyl sites for hydroxylation is 1. The predicted octanol–water partition coefficient (Wildman–Crippen LogP) is 6.28. The summed E-state index contributed by atoms with van der Waals surface area (Å²) in [5.41, 5.74) is 9.77. The van der Waals surface area contributed by atoms with Crippen molar-refractivity contribution in [1.82, 2.24) is 0 Å². The Hall–Kier alpha value is -2.98. The Morgan fingerprint density at radius 2 is 1.66 bits per heavy atom. The van der Waals surface area contributed by atoms with Crippen LogP contribution in [-0.2, 0) is 4.79 Å². The van der Waals surface area contributed by atoms with E-state index < -0.39 is 0 Å². The molecule has 0 bridgehead atoms. The van der Waals surface area contributed by atoms with Crippen LogP contribution in [-0.4, -0.2) is 5.91 Å². The molecule has 1 amide bonds. The highest BCUT2D eigenvalue weighted by atomic mass is 35.5. The topological polar surface area (TPSA) is 55.6 Å². The summed E-state index contributed by atoms with van der Waals surface area (Å²) in [6.45, 7) is 2.00. The van der Waals surface area contributed by atoms with Gasteiger partial charge in [0, 0.05) is 22.8 Å². The van der Waals surface area contributed by atoms with E-state index in [1.165, 1.54) is 0 Å². The zero-order valence-corrected chi connectivity index (χ0v) is 17.0. The quantitative estimate of drug-likeness (QED) is 0.518. The first-order valence-corrected chi connectivity index (χ1v) is 10.1. The number of halogens is 1. The number of hydrogen-bond acceptors (Lipinski definition) is 3. The molecular formula is C24H23ClN2O2. The van der Waals surface area contributed by atoms with Crippen LogP contribution in [0.3, 0.4) is 0 Å². The van der Waals surface area contributed by atoms with E-state index in [1.54, 1.807) is 12.1 Å². The summed E-state index contributed by atoms with van der Waals surface area (Å²) in [6.07, 6.45) is 2.38. The molecule has 0 aromatic heterocycles. The number of nitrogen functional groups attached to an aromatic ring is 1. The first-order valence-electron chi connectivity index (χ1n) is 9.73. The first kappa shape index (κ1) is 19.3. The van der Waals surface area contributed by atoms with Crippen molar-refractivity contribution in [2.45, 2.75) is 32.2 Å². The van der Waals surface area contributed by atoms with Gasteiger partial charge in [0.1, 0.15) is 11.5 Å². The molecule has 1 fully saturated rings. The minimum atomic E-state index is 0.0126. The molecule has 3 aromatic rings. The Kier molecular flexibility index (Phi) is 5.45. The zero-order chi connectivity index (χ0) is 20.4. The molecule has 2 N–H and O–H groups in total. The molecule has 0 saturated carbocycles. The lowest BCUT2D eigenvalue weighted by atomic mass is 9.93. The number of nitrogens with two attached hydrogens (primary N) is 1. The van der Waals surface area contributed by atoms with Crippen LogP contribution in [0.15, 0.2) is 66.7 Å². The Bertz CT molecular complexity index is 1020. The summed E-state index contributed by atoms with van der Waals surface area (Å²) in [4.78, 5) is 14.7. The SMILES string of the molecule is Cc1cc(C2CCCC(=O)N2c2ccc(Oc3ccc(Cl)cc3)cc2)ccc1N. The number of rotatable bonds is 4. The number of hydrogen-bond donors (Lipinski definition) is 1. The van der Waals surface area contributed by atoms with Crippen LogP contribution in [0, 0.1) is 6.92 Å². The highest BCUT2D eigenvalue weighted by molar-refractivity contribution is 6.30. The molecular weight excluding hydrogens is 384 g/mol. The van der Waals surface area contributed by atoms with Gasteiger partial charge in [-0.05, 0) is 85.5 Å². The van der Waals surface area contributed by atoms with Crippen molar-refractivity contribution in [3.05, 3.63) is 82.9 Å². The fourth-order valence-electron chi connectivity index (χ4n) is 3.73. The maximum atomic E-state index is 12.8. The monoisotopic (exact) mass is 406 g/mol. The van der Waals surface area contributed by atoms with Crippen LogP contribution in [0.5, 0.6) is 11.5 Å². The van der Waals surface area contributed by atoms with Crippen molar-refractivity contribution >= 4 is 28.9 Å². The van der Waals surface area contributed by atoms with Crippen molar-refractivity contribution < 1.29 is 9.53 Å². The van der Waals surface area contributed by atoms with Gasteiger partial charge in [0.25, 0.3) is 0 Å². The Balaban J connectivity index is 1.59. The van der Waals surface area contributed by atoms with Gasteiger partial charge in [-0.1, -0.05) is 23.7 Å². The van der Waals surface area contributed by atoms with E-state index in [1.807, 2.05) is 60.4 Å². The average molecular weight is 407 g/mol. The minimum Gasteiger partial charge on any atom is -0.457 e. The van der Waals surface area contributed by atoms with Gasteiger partial charge >= 0.3 is 0 Å². The molecule has 1 aliphatic rings. The van der Waals surface area contributed by atoms with E-state index in [9.17, 15) is 4.79 Å². The lowest BCUT2D eigenvalue weighted by Crippen LogP contribution is -2.38. The summed E-state index contributed by atoms with van der Waals surface area (Å²) in [5, 5.41) is 0.667. The molecule has 4 nitrogen and oxygen atoms in total. The van der Waals surface area contributed by atoms with Gasteiger partial charge in [-0.15, -0.1) is 0 Å². The smallest absolute Gasteiger partial charge is 0.227 e. The van der Waals surface area contributed by atoms with E-state index in [4.69, 9.17) is 22.1 Å². The van der Waals surface area contributed by atoms with E-state index in [2.05, 4.69) is 6.07 Å². The van der Waals surface area contributed by atoms with E-state index >= 15 is 0 Å². The summed E-state index contributed by atoms with van der Waals surface area (Å²) in [7, 11) is 0. The molecule has 0 aliphatic carbocycles. The van der Waals surface area contributed by atoms with Gasteiger partial charge in [0.15, 0.2) is 0 Å². The molecule has 0 radical (unpaired) electrons. The number of carbonyl (C=O) groups is 1. The molecule has 148 valence electrons. The zero-order valence-electron chi connectivity index (χ0n) is 16.3. The fourth-order valence-corrected chi connectivity index (χ4v) is 3.86. The summed E-state index contributed by atoms with van der Waals surface area (Å²) in [5.74, 6) is 1.56. The fraction of sp³-hybridized carbons (Fsp3) is 0.208. The summed E-state index contributed by atoms with van der Waals surface area (Å²) >= 11 is 5.92. The Morgan fingerprint density at radius 3 is 2.31 bits per heavy atom. The number of amides is 1. The lowest BCUT2D eigenvalue weighted by molar-refractivity contribution is -0.120. The molecule has 0 spiro atoms. The molecule has 3 aromatic carbocycles. The standard InChI is InChI=1S/C24H23ClN2O2/c1-16-15-17(5-14-22(16)26)23-3-2-4-24(28)27(23)19-8-12-21(13-9-19)29-20-10-6-18(25)7-11-20/h5-15,23H,2-4,26H2,1H3. The van der Waals surface area contributed by atoms with Crippen LogP contribution in [0.25, 0.3) is 0 Å². The Labute approximate surface area is 175 Å². The number of anilines is 2. The third kappa shape index (κ3) is 4.22. The molecule has 1 unspecified atom stereocenters. The van der Waals surface area contributed by atoms with Gasteiger partial charge < -0.3 is 15.4 Å². The second kappa shape index (κ2) is 8.18. The number of piperidine rings is 1. The highest BCUT2D eigenvalue weighted by Gasteiger charge is 2.30. The third-order valence-electron chi connectivity index (χ3n) is 5.29. The van der Waals surface area contributed by atoms with E-state index in [0.29, 0.717) is 22.9 Å². The van der Waals surface area contributed by atoms with Crippen molar-refractivity contribution in [3.63, 3.8) is 0 Å². The lowest BCUT2D eigenvalue weighted by Gasteiger charge is -2.36. The average Bonchev–Trinajstić information content (AvgIpc) is 2.72. The summed E-state index contributed by atoms with van der Waals surface area (Å²) < 4.78 is 5.87. The maximum absolute atomic E-state index is 12.8. The number of nitrogens with zero attached hydrogens (tertiary/aromatic N) is 1. The number of ether oxygens (including phenoxy) is 1. The summed E-state index contributed by atoms with van der Waals surface area (Å²) in [6, 6.07) is 20.9. The first-order chi connectivity index (χ1) is 14.0. The van der Waals surface area contributed by atoms with Crippen molar-refractivity contribution in [2.75, 3.05) is 10.6 Å². The van der Waals surface area contributed by atoms with Crippen LogP contribution in [0.1, 0.15) is 36.4 Å². The largest absolute Gasteiger partial charge is 0.457 e. The Morgan fingerprint density at radius 1 is 1.00 bits per heavy atom. The van der Waals surface area contributed by atoms with Crippen LogP contribution in [0.4, 0.5) is 11.4 Å². The van der Waals surface area contributed by atoms with Gasteiger partial charge in [-0.25, -0.2) is 0 Å². The maximum Gasteiger partial charge on any atom is 0.227 e. The molecule has 29 heavy (non-hydrogen) atoms. The third-order valence-corrected chi connectivity index (χ3v) is 5.54. The van der Waals surface area contributed by atoms with Gasteiger partial charge in [0.2, 0.25) is 5.91 Å². The van der Waals surface area contributed by atoms with E-state index in [-0.39, 0.29) is 11.9 Å². The molecule has 1 heterocycles. The second-order valence-corrected chi connectivity index (χ2v) is 7.77. The molecule has 1 saturated heterocycles. The second-order valence-electron chi connectivity index (χ2n) is 7.34. The van der Waals surface area contributed by atoms with E-state index in [0.717, 1.165) is 35.3 Å². The molecule has 4 rings (SSSR count). The van der Waals surface area contributed by atoms with Gasteiger partial charge in [-0.2, -0.15) is 0 Å². The number of carbonyl (C=O) groups excluding carboxylic acids is 1. The van der Waals surface area contributed by atoms with Crippen molar-refractivity contribution in [2.24, 2.45) is 0 Å². The predicted molar refractivity (Wildman–Crippen MR) is 118 cm³/mol. The molecule has 5 heteroatoms. The van der Waals surface area contributed by atoms with Gasteiger partial charge in [0.05, 0.1) is 6.04 Å².